The average molecular weight is 323 g/mol. The smallest absolute Gasteiger partial charge is 0.399 e. The molecule has 2 fully saturated rings. The van der Waals surface area contributed by atoms with E-state index in [4.69, 9.17) is 9.31 Å². The molecular formula is C20H26BNO2. The van der Waals surface area contributed by atoms with Gasteiger partial charge in [0.1, 0.15) is 0 Å². The largest absolute Gasteiger partial charge is 0.495 e. The summed E-state index contributed by atoms with van der Waals surface area (Å²) < 4.78 is 12.6. The number of benzene rings is 2. The molecule has 2 aromatic rings. The molecule has 2 aromatic carbocycles. The van der Waals surface area contributed by atoms with Crippen LogP contribution in [0.25, 0.3) is 10.8 Å². The molecule has 0 aromatic heterocycles. The zero-order valence-corrected chi connectivity index (χ0v) is 15.1. The number of fused-ring (bicyclic) bond motifs is 1. The normalized spacial score (nSPS) is 22.5. The quantitative estimate of drug-likeness (QED) is 0.786. The van der Waals surface area contributed by atoms with Crippen LogP contribution in [0.4, 0.5) is 5.69 Å². The first-order valence-corrected chi connectivity index (χ1v) is 9.01. The Bertz CT molecular complexity index is 749. The Kier molecular flexibility index (Phi) is 3.66. The zero-order chi connectivity index (χ0) is 16.9. The lowest BCUT2D eigenvalue weighted by Gasteiger charge is -2.32. The van der Waals surface area contributed by atoms with Gasteiger partial charge in [-0.3, -0.25) is 0 Å². The molecular weight excluding hydrogens is 297 g/mol. The Morgan fingerprint density at radius 2 is 1.42 bits per heavy atom. The van der Waals surface area contributed by atoms with Crippen molar-refractivity contribution in [3.05, 3.63) is 36.4 Å². The predicted octanol–water partition coefficient (Wildman–Crippen LogP) is 3.74. The summed E-state index contributed by atoms with van der Waals surface area (Å²) in [7, 11) is -0.312. The molecule has 0 radical (unpaired) electrons. The number of nitrogens with zero attached hydrogens (tertiary/aromatic N) is 1. The van der Waals surface area contributed by atoms with E-state index in [2.05, 4.69) is 69.0 Å². The highest BCUT2D eigenvalue weighted by atomic mass is 16.7. The Morgan fingerprint density at radius 1 is 0.833 bits per heavy atom. The van der Waals surface area contributed by atoms with E-state index in [9.17, 15) is 0 Å². The summed E-state index contributed by atoms with van der Waals surface area (Å²) in [5.41, 5.74) is 1.84. The van der Waals surface area contributed by atoms with Gasteiger partial charge in [-0.05, 0) is 57.5 Å². The molecule has 0 N–H and O–H groups in total. The highest BCUT2D eigenvalue weighted by Crippen LogP contribution is 2.38. The van der Waals surface area contributed by atoms with Crippen LogP contribution in [0.1, 0.15) is 40.5 Å². The summed E-state index contributed by atoms with van der Waals surface area (Å²) in [5, 5.41) is 2.53. The second-order valence-electron chi connectivity index (χ2n) is 8.00. The molecule has 0 unspecified atom stereocenters. The maximum atomic E-state index is 6.29. The molecule has 0 bridgehead atoms. The van der Waals surface area contributed by atoms with Crippen molar-refractivity contribution >= 4 is 29.0 Å². The maximum Gasteiger partial charge on any atom is 0.495 e. The van der Waals surface area contributed by atoms with Gasteiger partial charge in [-0.15, -0.1) is 0 Å². The van der Waals surface area contributed by atoms with Crippen molar-refractivity contribution in [1.82, 2.24) is 0 Å². The minimum atomic E-state index is -0.313. The van der Waals surface area contributed by atoms with E-state index in [0.29, 0.717) is 0 Å². The lowest BCUT2D eigenvalue weighted by molar-refractivity contribution is 0.00578. The second-order valence-corrected chi connectivity index (χ2v) is 8.00. The topological polar surface area (TPSA) is 21.7 Å². The van der Waals surface area contributed by atoms with Gasteiger partial charge >= 0.3 is 7.12 Å². The molecule has 0 spiro atoms. The standard InChI is InChI=1S/C20H26BNO2/c1-19(2)20(3,4)24-21(23-19)17-11-12-18(22-13-7-8-14-22)16-10-6-5-9-15(16)17/h5-6,9-12H,7-8,13-14H2,1-4H3. The monoisotopic (exact) mass is 323 g/mol. The third-order valence-corrected chi connectivity index (χ3v) is 5.89. The van der Waals surface area contributed by atoms with Gasteiger partial charge in [0.15, 0.2) is 0 Å². The summed E-state index contributed by atoms with van der Waals surface area (Å²) in [4.78, 5) is 2.50. The van der Waals surface area contributed by atoms with Crippen molar-refractivity contribution in [3.63, 3.8) is 0 Å². The lowest BCUT2D eigenvalue weighted by atomic mass is 9.76. The number of anilines is 1. The van der Waals surface area contributed by atoms with Crippen LogP contribution in [-0.2, 0) is 9.31 Å². The van der Waals surface area contributed by atoms with Gasteiger partial charge in [0.25, 0.3) is 0 Å². The van der Waals surface area contributed by atoms with Crippen LogP contribution in [0.15, 0.2) is 36.4 Å². The summed E-state index contributed by atoms with van der Waals surface area (Å²) in [6, 6.07) is 13.1. The lowest BCUT2D eigenvalue weighted by Crippen LogP contribution is -2.41. The highest BCUT2D eigenvalue weighted by Gasteiger charge is 2.52. The van der Waals surface area contributed by atoms with Gasteiger partial charge in [0.2, 0.25) is 0 Å². The van der Waals surface area contributed by atoms with Crippen LogP contribution in [0.3, 0.4) is 0 Å². The first-order valence-electron chi connectivity index (χ1n) is 9.01. The first-order chi connectivity index (χ1) is 11.4. The number of rotatable bonds is 2. The molecule has 2 aliphatic heterocycles. The van der Waals surface area contributed by atoms with E-state index in [1.807, 2.05) is 0 Å². The van der Waals surface area contributed by atoms with Crippen LogP contribution >= 0.6 is 0 Å². The Labute approximate surface area is 145 Å². The molecule has 4 rings (SSSR count). The van der Waals surface area contributed by atoms with Crippen LogP contribution < -0.4 is 10.4 Å². The number of hydrogen-bond donors (Lipinski definition) is 0. The molecule has 0 atom stereocenters. The highest BCUT2D eigenvalue weighted by molar-refractivity contribution is 6.65. The number of hydrogen-bond acceptors (Lipinski definition) is 3. The second kappa shape index (κ2) is 5.50. The minimum absolute atomic E-state index is 0.312. The SMILES string of the molecule is CC1(C)OB(c2ccc(N3CCCC3)c3ccccc23)OC1(C)C. The van der Waals surface area contributed by atoms with Crippen molar-refractivity contribution in [1.29, 1.82) is 0 Å². The van der Waals surface area contributed by atoms with Gasteiger partial charge in [0, 0.05) is 24.2 Å². The summed E-state index contributed by atoms with van der Waals surface area (Å²) in [6.07, 6.45) is 2.57. The van der Waals surface area contributed by atoms with Crippen molar-refractivity contribution in [2.45, 2.75) is 51.7 Å². The van der Waals surface area contributed by atoms with E-state index >= 15 is 0 Å². The summed E-state index contributed by atoms with van der Waals surface area (Å²) in [6.45, 7) is 10.7. The molecule has 2 heterocycles. The molecule has 0 saturated carbocycles. The molecule has 0 amide bonds. The van der Waals surface area contributed by atoms with Gasteiger partial charge in [-0.25, -0.2) is 0 Å². The Morgan fingerprint density at radius 3 is 2.04 bits per heavy atom. The minimum Gasteiger partial charge on any atom is -0.399 e. The van der Waals surface area contributed by atoms with E-state index in [1.54, 1.807) is 0 Å². The van der Waals surface area contributed by atoms with Crippen molar-refractivity contribution in [2.75, 3.05) is 18.0 Å². The van der Waals surface area contributed by atoms with Crippen molar-refractivity contribution in [2.24, 2.45) is 0 Å². The third kappa shape index (κ3) is 2.44. The Balaban J connectivity index is 1.79. The third-order valence-electron chi connectivity index (χ3n) is 5.89. The van der Waals surface area contributed by atoms with Crippen LogP contribution in [0.2, 0.25) is 0 Å². The van der Waals surface area contributed by atoms with E-state index < -0.39 is 0 Å². The van der Waals surface area contributed by atoms with Crippen LogP contribution in [0.5, 0.6) is 0 Å². The summed E-state index contributed by atoms with van der Waals surface area (Å²) >= 11 is 0. The predicted molar refractivity (Wildman–Crippen MR) is 101 cm³/mol. The summed E-state index contributed by atoms with van der Waals surface area (Å²) in [5.74, 6) is 0. The van der Waals surface area contributed by atoms with Gasteiger partial charge < -0.3 is 14.2 Å². The van der Waals surface area contributed by atoms with E-state index in [0.717, 1.165) is 18.6 Å². The fourth-order valence-electron chi connectivity index (χ4n) is 3.72. The van der Waals surface area contributed by atoms with Gasteiger partial charge in [-0.1, -0.05) is 30.3 Å². The molecule has 2 saturated heterocycles. The molecule has 4 heteroatoms. The average Bonchev–Trinajstić information content (AvgIpc) is 3.13. The fraction of sp³-hybridized carbons (Fsp3) is 0.500. The molecule has 2 aliphatic rings. The van der Waals surface area contributed by atoms with Crippen molar-refractivity contribution < 1.29 is 9.31 Å². The van der Waals surface area contributed by atoms with Crippen molar-refractivity contribution in [3.8, 4) is 0 Å². The molecule has 24 heavy (non-hydrogen) atoms. The van der Waals surface area contributed by atoms with Gasteiger partial charge in [-0.2, -0.15) is 0 Å². The molecule has 0 aliphatic carbocycles. The van der Waals surface area contributed by atoms with Gasteiger partial charge in [0.05, 0.1) is 11.2 Å². The van der Waals surface area contributed by atoms with E-state index in [-0.39, 0.29) is 18.3 Å². The molecule has 126 valence electrons. The maximum absolute atomic E-state index is 6.29. The van der Waals surface area contributed by atoms with Crippen LogP contribution in [-0.4, -0.2) is 31.4 Å². The van der Waals surface area contributed by atoms with Crippen LogP contribution in [0, 0.1) is 0 Å². The molecule has 3 nitrogen and oxygen atoms in total. The Hall–Kier alpha value is -1.52. The fourth-order valence-corrected chi connectivity index (χ4v) is 3.72. The first kappa shape index (κ1) is 16.0. The zero-order valence-electron chi connectivity index (χ0n) is 15.1. The van der Waals surface area contributed by atoms with E-state index in [1.165, 1.54) is 29.3 Å².